The van der Waals surface area contributed by atoms with Crippen molar-refractivity contribution in [2.45, 2.75) is 46.6 Å². The highest BCUT2D eigenvalue weighted by Crippen LogP contribution is 2.17. The molecule has 5 heteroatoms. The number of aromatic nitrogens is 3. The lowest BCUT2D eigenvalue weighted by Gasteiger charge is -2.15. The maximum absolute atomic E-state index is 4.62. The van der Waals surface area contributed by atoms with E-state index in [2.05, 4.69) is 46.4 Å². The van der Waals surface area contributed by atoms with E-state index >= 15 is 0 Å². The molecule has 1 atom stereocenters. The maximum atomic E-state index is 4.62. The van der Waals surface area contributed by atoms with E-state index in [9.17, 15) is 0 Å². The number of hydrogen-bond donors (Lipinski definition) is 1. The van der Waals surface area contributed by atoms with E-state index in [4.69, 9.17) is 0 Å². The highest BCUT2D eigenvalue weighted by Gasteiger charge is 2.11. The van der Waals surface area contributed by atoms with E-state index in [-0.39, 0.29) is 0 Å². The Morgan fingerprint density at radius 1 is 1.30 bits per heavy atom. The zero-order valence-corrected chi connectivity index (χ0v) is 13.4. The summed E-state index contributed by atoms with van der Waals surface area (Å²) in [6.07, 6.45) is 3.80. The summed E-state index contributed by atoms with van der Waals surface area (Å²) in [7, 11) is 0. The number of aryl methyl sites for hydroxylation is 2. The second-order valence-electron chi connectivity index (χ2n) is 5.06. The van der Waals surface area contributed by atoms with Crippen LogP contribution in [0.2, 0.25) is 0 Å². The first-order chi connectivity index (χ1) is 9.60. The van der Waals surface area contributed by atoms with Crippen LogP contribution >= 0.6 is 11.3 Å². The van der Waals surface area contributed by atoms with E-state index < -0.39 is 0 Å². The molecule has 0 radical (unpaired) electrons. The average molecular weight is 290 g/mol. The number of nitrogens with one attached hydrogen (secondary N) is 1. The van der Waals surface area contributed by atoms with Crippen molar-refractivity contribution in [3.8, 4) is 0 Å². The molecular formula is C15H22N4S. The summed E-state index contributed by atoms with van der Waals surface area (Å²) in [5.74, 6) is 0.850. The van der Waals surface area contributed by atoms with E-state index in [1.54, 1.807) is 11.3 Å². The van der Waals surface area contributed by atoms with Gasteiger partial charge in [-0.3, -0.25) is 0 Å². The molecule has 0 saturated heterocycles. The van der Waals surface area contributed by atoms with Gasteiger partial charge >= 0.3 is 0 Å². The predicted molar refractivity (Wildman–Crippen MR) is 83.1 cm³/mol. The molecule has 0 aliphatic heterocycles. The first-order valence-corrected chi connectivity index (χ1v) is 7.95. The SMILES string of the molecule is CCCNC(C)c1cnc(Cc2nc(C)cs2)nc1C. The van der Waals surface area contributed by atoms with Crippen LogP contribution in [0, 0.1) is 13.8 Å². The molecule has 0 amide bonds. The zero-order valence-electron chi connectivity index (χ0n) is 12.6. The molecule has 2 rings (SSSR count). The van der Waals surface area contributed by atoms with Gasteiger partial charge in [0.2, 0.25) is 0 Å². The molecular weight excluding hydrogens is 268 g/mol. The first-order valence-electron chi connectivity index (χ1n) is 7.07. The van der Waals surface area contributed by atoms with E-state index in [0.29, 0.717) is 6.04 Å². The first kappa shape index (κ1) is 15.1. The van der Waals surface area contributed by atoms with Gasteiger partial charge in [0, 0.05) is 34.6 Å². The molecule has 2 aromatic heterocycles. The quantitative estimate of drug-likeness (QED) is 0.887. The van der Waals surface area contributed by atoms with Crippen LogP contribution in [0.1, 0.15) is 54.1 Å². The minimum atomic E-state index is 0.297. The van der Waals surface area contributed by atoms with Gasteiger partial charge in [-0.05, 0) is 33.7 Å². The molecule has 0 aliphatic rings. The molecule has 2 heterocycles. The van der Waals surface area contributed by atoms with Crippen molar-refractivity contribution in [1.82, 2.24) is 20.3 Å². The molecule has 4 nitrogen and oxygen atoms in total. The van der Waals surface area contributed by atoms with Crippen LogP contribution in [0.4, 0.5) is 0 Å². The fourth-order valence-corrected chi connectivity index (χ4v) is 2.89. The number of thiazole rings is 1. The Bertz CT molecular complexity index is 565. The molecule has 0 aliphatic carbocycles. The summed E-state index contributed by atoms with van der Waals surface area (Å²) < 4.78 is 0. The van der Waals surface area contributed by atoms with Crippen molar-refractivity contribution >= 4 is 11.3 Å². The van der Waals surface area contributed by atoms with Gasteiger partial charge in [-0.2, -0.15) is 0 Å². The predicted octanol–water partition coefficient (Wildman–Crippen LogP) is 3.20. The molecule has 0 aromatic carbocycles. The van der Waals surface area contributed by atoms with Crippen LogP contribution in [0.15, 0.2) is 11.6 Å². The van der Waals surface area contributed by atoms with Crippen molar-refractivity contribution in [3.05, 3.63) is 39.4 Å². The fourth-order valence-electron chi connectivity index (χ4n) is 2.12. The van der Waals surface area contributed by atoms with Gasteiger partial charge in [0.1, 0.15) is 10.8 Å². The third kappa shape index (κ3) is 3.84. The smallest absolute Gasteiger partial charge is 0.135 e. The molecule has 0 spiro atoms. The van der Waals surface area contributed by atoms with Crippen molar-refractivity contribution in [2.75, 3.05) is 6.54 Å². The minimum Gasteiger partial charge on any atom is -0.310 e. The van der Waals surface area contributed by atoms with E-state index in [0.717, 1.165) is 41.6 Å². The summed E-state index contributed by atoms with van der Waals surface area (Å²) in [5, 5.41) is 6.61. The number of nitrogens with zero attached hydrogens (tertiary/aromatic N) is 3. The fraction of sp³-hybridized carbons (Fsp3) is 0.533. The van der Waals surface area contributed by atoms with Crippen LogP contribution in [-0.4, -0.2) is 21.5 Å². The van der Waals surface area contributed by atoms with Crippen LogP contribution in [0.5, 0.6) is 0 Å². The number of rotatable bonds is 6. The van der Waals surface area contributed by atoms with Gasteiger partial charge < -0.3 is 5.32 Å². The Morgan fingerprint density at radius 2 is 2.10 bits per heavy atom. The van der Waals surface area contributed by atoms with Crippen LogP contribution in [0.3, 0.4) is 0 Å². The van der Waals surface area contributed by atoms with Gasteiger partial charge in [0.15, 0.2) is 0 Å². The Labute approximate surface area is 124 Å². The monoisotopic (exact) mass is 290 g/mol. The van der Waals surface area contributed by atoms with Crippen molar-refractivity contribution in [2.24, 2.45) is 0 Å². The zero-order chi connectivity index (χ0) is 14.5. The third-order valence-corrected chi connectivity index (χ3v) is 4.18. The van der Waals surface area contributed by atoms with Gasteiger partial charge in [0.25, 0.3) is 0 Å². The topological polar surface area (TPSA) is 50.7 Å². The maximum Gasteiger partial charge on any atom is 0.135 e. The molecule has 1 unspecified atom stereocenters. The second-order valence-corrected chi connectivity index (χ2v) is 6.00. The average Bonchev–Trinajstić information content (AvgIpc) is 2.81. The van der Waals surface area contributed by atoms with Crippen LogP contribution in [-0.2, 0) is 6.42 Å². The summed E-state index contributed by atoms with van der Waals surface area (Å²) in [6, 6.07) is 0.297. The lowest BCUT2D eigenvalue weighted by atomic mass is 10.1. The van der Waals surface area contributed by atoms with Crippen molar-refractivity contribution in [1.29, 1.82) is 0 Å². The molecule has 2 aromatic rings. The third-order valence-electron chi connectivity index (χ3n) is 3.21. The second kappa shape index (κ2) is 6.90. The number of hydrogen-bond acceptors (Lipinski definition) is 5. The summed E-state index contributed by atoms with van der Waals surface area (Å²) in [6.45, 7) is 9.40. The van der Waals surface area contributed by atoms with E-state index in [1.165, 1.54) is 5.56 Å². The summed E-state index contributed by atoms with van der Waals surface area (Å²) in [5.41, 5.74) is 3.30. The molecule has 1 N–H and O–H groups in total. The lowest BCUT2D eigenvalue weighted by molar-refractivity contribution is 0.563. The van der Waals surface area contributed by atoms with Crippen molar-refractivity contribution < 1.29 is 0 Å². The highest BCUT2D eigenvalue weighted by molar-refractivity contribution is 7.09. The lowest BCUT2D eigenvalue weighted by Crippen LogP contribution is -2.21. The van der Waals surface area contributed by atoms with Gasteiger partial charge in [-0.1, -0.05) is 6.92 Å². The van der Waals surface area contributed by atoms with Gasteiger partial charge in [-0.15, -0.1) is 11.3 Å². The molecule has 0 fully saturated rings. The molecule has 20 heavy (non-hydrogen) atoms. The summed E-state index contributed by atoms with van der Waals surface area (Å²) in [4.78, 5) is 13.6. The Morgan fingerprint density at radius 3 is 2.70 bits per heavy atom. The molecule has 108 valence electrons. The molecule has 0 saturated carbocycles. The largest absolute Gasteiger partial charge is 0.310 e. The minimum absolute atomic E-state index is 0.297. The Balaban J connectivity index is 2.09. The van der Waals surface area contributed by atoms with Crippen LogP contribution < -0.4 is 5.32 Å². The Kier molecular flexibility index (Phi) is 5.20. The van der Waals surface area contributed by atoms with Gasteiger partial charge in [-0.25, -0.2) is 15.0 Å². The molecule has 0 bridgehead atoms. The van der Waals surface area contributed by atoms with Crippen molar-refractivity contribution in [3.63, 3.8) is 0 Å². The normalized spacial score (nSPS) is 12.6. The summed E-state index contributed by atoms with van der Waals surface area (Å²) >= 11 is 1.67. The van der Waals surface area contributed by atoms with E-state index in [1.807, 2.05) is 13.1 Å². The van der Waals surface area contributed by atoms with Crippen LogP contribution in [0.25, 0.3) is 0 Å². The highest BCUT2D eigenvalue weighted by atomic mass is 32.1. The standard InChI is InChI=1S/C15H22N4S/c1-5-6-16-11(3)13-8-17-14(19-12(13)4)7-15-18-10(2)9-20-15/h8-9,11,16H,5-7H2,1-4H3. The Hall–Kier alpha value is -1.33. The van der Waals surface area contributed by atoms with Gasteiger partial charge in [0.05, 0.1) is 6.42 Å².